The van der Waals surface area contributed by atoms with Crippen LogP contribution in [0.15, 0.2) is 36.5 Å². The third kappa shape index (κ3) is 6.21. The Hall–Kier alpha value is -2.96. The molecule has 2 aromatic rings. The Kier molecular flexibility index (Phi) is 6.45. The number of hydrogen-bond acceptors (Lipinski definition) is 4. The van der Waals surface area contributed by atoms with E-state index >= 15 is 0 Å². The summed E-state index contributed by atoms with van der Waals surface area (Å²) in [4.78, 5) is 32.0. The maximum absolute atomic E-state index is 11.8. The molecule has 1 aromatic carbocycles. The van der Waals surface area contributed by atoms with Crippen LogP contribution in [0, 0.1) is 12.8 Å². The molecule has 0 spiro atoms. The quantitative estimate of drug-likeness (QED) is 0.751. The number of anilines is 1. The van der Waals surface area contributed by atoms with Crippen LogP contribution in [0.3, 0.4) is 0 Å². The number of carbonyl (C=O) groups is 2. The maximum atomic E-state index is 11.8. The van der Waals surface area contributed by atoms with Crippen LogP contribution in [0.2, 0.25) is 0 Å². The number of urea groups is 1. The zero-order valence-corrected chi connectivity index (χ0v) is 14.7. The number of amides is 3. The predicted molar refractivity (Wildman–Crippen MR) is 97.1 cm³/mol. The molecule has 2 rings (SSSR count). The molecule has 7 heteroatoms. The number of aryl methyl sites for hydroxylation is 1. The number of aromatic nitrogens is 2. The second-order valence-electron chi connectivity index (χ2n) is 6.10. The first-order valence-electron chi connectivity index (χ1n) is 8.15. The SMILES string of the molecule is Cc1ccnc(-c2ccc(NC(=O)NCC(=O)NCC(C)C)cc2)n1. The van der Waals surface area contributed by atoms with Gasteiger partial charge in [0, 0.05) is 29.7 Å². The summed E-state index contributed by atoms with van der Waals surface area (Å²) in [5.74, 6) is 0.794. The lowest BCUT2D eigenvalue weighted by Crippen LogP contribution is -2.39. The Morgan fingerprint density at radius 2 is 1.80 bits per heavy atom. The molecule has 0 aliphatic heterocycles. The van der Waals surface area contributed by atoms with E-state index in [2.05, 4.69) is 25.9 Å². The van der Waals surface area contributed by atoms with Gasteiger partial charge >= 0.3 is 6.03 Å². The fourth-order valence-corrected chi connectivity index (χ4v) is 2.01. The molecule has 25 heavy (non-hydrogen) atoms. The van der Waals surface area contributed by atoms with Crippen LogP contribution in [0.5, 0.6) is 0 Å². The first kappa shape index (κ1) is 18.4. The molecule has 0 saturated heterocycles. The van der Waals surface area contributed by atoms with E-state index in [4.69, 9.17) is 0 Å². The van der Waals surface area contributed by atoms with Gasteiger partial charge in [-0.2, -0.15) is 0 Å². The lowest BCUT2D eigenvalue weighted by molar-refractivity contribution is -0.120. The van der Waals surface area contributed by atoms with Gasteiger partial charge in [-0.05, 0) is 43.2 Å². The summed E-state index contributed by atoms with van der Waals surface area (Å²) in [5, 5.41) is 7.94. The predicted octanol–water partition coefficient (Wildman–Crippen LogP) is 2.35. The van der Waals surface area contributed by atoms with Gasteiger partial charge in [0.05, 0.1) is 6.54 Å². The van der Waals surface area contributed by atoms with Crippen LogP contribution >= 0.6 is 0 Å². The molecule has 0 radical (unpaired) electrons. The standard InChI is InChI=1S/C18H23N5O2/c1-12(2)10-20-16(24)11-21-18(25)23-15-6-4-14(5-7-15)17-19-9-8-13(3)22-17/h4-9,12H,10-11H2,1-3H3,(H,20,24)(H2,21,23,25). The van der Waals surface area contributed by atoms with Gasteiger partial charge in [-0.3, -0.25) is 4.79 Å². The summed E-state index contributed by atoms with van der Waals surface area (Å²) >= 11 is 0. The van der Waals surface area contributed by atoms with Gasteiger partial charge in [0.25, 0.3) is 0 Å². The van der Waals surface area contributed by atoms with Crippen molar-refractivity contribution in [2.75, 3.05) is 18.4 Å². The highest BCUT2D eigenvalue weighted by Crippen LogP contribution is 2.17. The van der Waals surface area contributed by atoms with Gasteiger partial charge in [-0.25, -0.2) is 14.8 Å². The summed E-state index contributed by atoms with van der Waals surface area (Å²) in [5.41, 5.74) is 2.38. The van der Waals surface area contributed by atoms with Crippen molar-refractivity contribution in [3.05, 3.63) is 42.2 Å². The molecule has 0 saturated carbocycles. The minimum atomic E-state index is -0.431. The van der Waals surface area contributed by atoms with Crippen LogP contribution in [-0.4, -0.2) is 35.0 Å². The van der Waals surface area contributed by atoms with Crippen LogP contribution in [0.25, 0.3) is 11.4 Å². The maximum Gasteiger partial charge on any atom is 0.319 e. The summed E-state index contributed by atoms with van der Waals surface area (Å²) in [6.07, 6.45) is 1.71. The lowest BCUT2D eigenvalue weighted by atomic mass is 10.2. The second kappa shape index (κ2) is 8.77. The van der Waals surface area contributed by atoms with E-state index in [0.29, 0.717) is 24.0 Å². The highest BCUT2D eigenvalue weighted by atomic mass is 16.2. The molecule has 1 heterocycles. The molecule has 3 N–H and O–H groups in total. The van der Waals surface area contributed by atoms with E-state index in [1.807, 2.05) is 39.0 Å². The highest BCUT2D eigenvalue weighted by molar-refractivity contribution is 5.92. The number of carbonyl (C=O) groups excluding carboxylic acids is 2. The second-order valence-corrected chi connectivity index (χ2v) is 6.10. The monoisotopic (exact) mass is 341 g/mol. The van der Waals surface area contributed by atoms with E-state index in [0.717, 1.165) is 11.3 Å². The van der Waals surface area contributed by atoms with Gasteiger partial charge in [0.15, 0.2) is 5.82 Å². The zero-order valence-electron chi connectivity index (χ0n) is 14.7. The molecule has 3 amide bonds. The minimum absolute atomic E-state index is 0.0617. The average Bonchev–Trinajstić information content (AvgIpc) is 2.59. The van der Waals surface area contributed by atoms with Crippen molar-refractivity contribution >= 4 is 17.6 Å². The Balaban J connectivity index is 1.84. The Morgan fingerprint density at radius 3 is 2.44 bits per heavy atom. The smallest absolute Gasteiger partial charge is 0.319 e. The van der Waals surface area contributed by atoms with Crippen LogP contribution in [0.4, 0.5) is 10.5 Å². The van der Waals surface area contributed by atoms with Gasteiger partial charge in [-0.15, -0.1) is 0 Å². The van der Waals surface area contributed by atoms with Gasteiger partial charge < -0.3 is 16.0 Å². The summed E-state index contributed by atoms with van der Waals surface area (Å²) < 4.78 is 0. The highest BCUT2D eigenvalue weighted by Gasteiger charge is 2.07. The third-order valence-electron chi connectivity index (χ3n) is 3.31. The molecule has 0 bridgehead atoms. The van der Waals surface area contributed by atoms with E-state index in [9.17, 15) is 9.59 Å². The fourth-order valence-electron chi connectivity index (χ4n) is 2.01. The van der Waals surface area contributed by atoms with Crippen molar-refractivity contribution in [2.24, 2.45) is 5.92 Å². The number of hydrogen-bond donors (Lipinski definition) is 3. The largest absolute Gasteiger partial charge is 0.354 e. The Bertz CT molecular complexity index is 729. The van der Waals surface area contributed by atoms with Crippen LogP contribution < -0.4 is 16.0 Å². The van der Waals surface area contributed by atoms with Crippen molar-refractivity contribution in [2.45, 2.75) is 20.8 Å². The molecule has 0 fully saturated rings. The van der Waals surface area contributed by atoms with Crippen molar-refractivity contribution in [1.29, 1.82) is 0 Å². The molecule has 7 nitrogen and oxygen atoms in total. The first-order chi connectivity index (χ1) is 11.9. The molecular weight excluding hydrogens is 318 g/mol. The van der Waals surface area contributed by atoms with Gasteiger partial charge in [0.1, 0.15) is 0 Å². The molecule has 0 unspecified atom stereocenters. The number of rotatable bonds is 6. The van der Waals surface area contributed by atoms with Gasteiger partial charge in [0.2, 0.25) is 5.91 Å². The number of nitrogens with zero attached hydrogens (tertiary/aromatic N) is 2. The van der Waals surface area contributed by atoms with Crippen molar-refractivity contribution in [3.8, 4) is 11.4 Å². The molecule has 1 aromatic heterocycles. The molecule has 132 valence electrons. The van der Waals surface area contributed by atoms with Crippen molar-refractivity contribution in [1.82, 2.24) is 20.6 Å². The topological polar surface area (TPSA) is 96.0 Å². The van der Waals surface area contributed by atoms with Crippen LogP contribution in [0.1, 0.15) is 19.5 Å². The molecule has 0 atom stereocenters. The van der Waals surface area contributed by atoms with Crippen molar-refractivity contribution < 1.29 is 9.59 Å². The third-order valence-corrected chi connectivity index (χ3v) is 3.31. The minimum Gasteiger partial charge on any atom is -0.354 e. The summed E-state index contributed by atoms with van der Waals surface area (Å²) in [6, 6.07) is 8.60. The summed E-state index contributed by atoms with van der Waals surface area (Å²) in [6.45, 7) is 6.44. The molecular formula is C18H23N5O2. The molecule has 0 aliphatic carbocycles. The van der Waals surface area contributed by atoms with Gasteiger partial charge in [-0.1, -0.05) is 13.8 Å². The zero-order chi connectivity index (χ0) is 18.2. The summed E-state index contributed by atoms with van der Waals surface area (Å²) in [7, 11) is 0. The van der Waals surface area contributed by atoms with E-state index in [-0.39, 0.29) is 12.5 Å². The van der Waals surface area contributed by atoms with Crippen LogP contribution in [-0.2, 0) is 4.79 Å². The van der Waals surface area contributed by atoms with E-state index in [1.54, 1.807) is 18.3 Å². The average molecular weight is 341 g/mol. The molecule has 0 aliphatic rings. The lowest BCUT2D eigenvalue weighted by Gasteiger charge is -2.10. The van der Waals surface area contributed by atoms with Crippen molar-refractivity contribution in [3.63, 3.8) is 0 Å². The number of nitrogens with one attached hydrogen (secondary N) is 3. The fraction of sp³-hybridized carbons (Fsp3) is 0.333. The Labute approximate surface area is 147 Å². The number of benzene rings is 1. The Morgan fingerprint density at radius 1 is 1.08 bits per heavy atom. The first-order valence-corrected chi connectivity index (χ1v) is 8.15. The van der Waals surface area contributed by atoms with E-state index < -0.39 is 6.03 Å². The normalized spacial score (nSPS) is 10.4. The van der Waals surface area contributed by atoms with E-state index in [1.165, 1.54) is 0 Å².